The van der Waals surface area contributed by atoms with Crippen molar-refractivity contribution in [2.24, 2.45) is 0 Å². The van der Waals surface area contributed by atoms with Gasteiger partial charge in [-0.1, -0.05) is 15.9 Å². The maximum absolute atomic E-state index is 12.4. The normalized spacial score (nSPS) is 17.6. The molecular formula is C18H22BrN3O2. The molecule has 1 N–H and O–H groups in total. The predicted molar refractivity (Wildman–Crippen MR) is 97.0 cm³/mol. The van der Waals surface area contributed by atoms with Crippen molar-refractivity contribution >= 4 is 21.8 Å². The Morgan fingerprint density at radius 3 is 2.54 bits per heavy atom. The van der Waals surface area contributed by atoms with Crippen LogP contribution in [0.4, 0.5) is 0 Å². The van der Waals surface area contributed by atoms with Crippen molar-refractivity contribution < 1.29 is 9.21 Å². The lowest BCUT2D eigenvalue weighted by molar-refractivity contribution is 0.0851. The summed E-state index contributed by atoms with van der Waals surface area (Å²) in [6, 6.07) is 11.3. The molecule has 2 heterocycles. The van der Waals surface area contributed by atoms with E-state index in [1.165, 1.54) is 0 Å². The highest BCUT2D eigenvalue weighted by Gasteiger charge is 2.26. The molecular weight excluding hydrogens is 370 g/mol. The highest BCUT2D eigenvalue weighted by molar-refractivity contribution is 9.10. The average Bonchev–Trinajstić information content (AvgIpc) is 3.11. The topological polar surface area (TPSA) is 48.7 Å². The number of amides is 1. The van der Waals surface area contributed by atoms with Crippen LogP contribution in [-0.2, 0) is 0 Å². The minimum atomic E-state index is -0.0619. The highest BCUT2D eigenvalue weighted by atomic mass is 79.9. The minimum Gasteiger partial charge on any atom is -0.468 e. The summed E-state index contributed by atoms with van der Waals surface area (Å²) in [6.07, 6.45) is 1.69. The molecule has 0 saturated carbocycles. The van der Waals surface area contributed by atoms with Gasteiger partial charge < -0.3 is 14.6 Å². The molecule has 3 rings (SSSR count). The van der Waals surface area contributed by atoms with Gasteiger partial charge in [-0.3, -0.25) is 9.69 Å². The number of piperazine rings is 1. The molecule has 1 aliphatic rings. The number of hydrogen-bond donors (Lipinski definition) is 1. The Bertz CT molecular complexity index is 649. The molecule has 1 atom stereocenters. The third-order valence-electron chi connectivity index (χ3n) is 4.41. The number of nitrogens with one attached hydrogen (secondary N) is 1. The van der Waals surface area contributed by atoms with E-state index in [1.54, 1.807) is 6.26 Å². The number of carbonyl (C=O) groups is 1. The fraction of sp³-hybridized carbons (Fsp3) is 0.389. The van der Waals surface area contributed by atoms with Crippen LogP contribution < -0.4 is 5.32 Å². The van der Waals surface area contributed by atoms with E-state index in [0.29, 0.717) is 12.1 Å². The second-order valence-electron chi connectivity index (χ2n) is 6.09. The summed E-state index contributed by atoms with van der Waals surface area (Å²) >= 11 is 3.39. The number of benzene rings is 1. The first-order chi connectivity index (χ1) is 11.6. The largest absolute Gasteiger partial charge is 0.468 e. The maximum atomic E-state index is 12.4. The Hall–Kier alpha value is -1.63. The van der Waals surface area contributed by atoms with E-state index in [-0.39, 0.29) is 11.9 Å². The Labute approximate surface area is 150 Å². The fourth-order valence-corrected chi connectivity index (χ4v) is 3.18. The van der Waals surface area contributed by atoms with Gasteiger partial charge in [-0.15, -0.1) is 0 Å². The van der Waals surface area contributed by atoms with E-state index >= 15 is 0 Å². The third kappa shape index (κ3) is 4.26. The zero-order chi connectivity index (χ0) is 16.9. The van der Waals surface area contributed by atoms with Crippen molar-refractivity contribution in [3.63, 3.8) is 0 Å². The summed E-state index contributed by atoms with van der Waals surface area (Å²) in [5, 5.41) is 3.05. The van der Waals surface area contributed by atoms with Gasteiger partial charge >= 0.3 is 0 Å². The monoisotopic (exact) mass is 391 g/mol. The molecule has 6 heteroatoms. The van der Waals surface area contributed by atoms with Gasteiger partial charge in [-0.2, -0.15) is 0 Å². The average molecular weight is 392 g/mol. The summed E-state index contributed by atoms with van der Waals surface area (Å²) in [6.45, 7) is 4.52. The predicted octanol–water partition coefficient (Wildman–Crippen LogP) is 2.76. The molecule has 0 unspecified atom stereocenters. The van der Waals surface area contributed by atoms with E-state index in [9.17, 15) is 4.79 Å². The van der Waals surface area contributed by atoms with Crippen molar-refractivity contribution in [1.82, 2.24) is 15.1 Å². The van der Waals surface area contributed by atoms with Gasteiger partial charge in [0, 0.05) is 42.8 Å². The molecule has 1 saturated heterocycles. The summed E-state index contributed by atoms with van der Waals surface area (Å²) in [5.74, 6) is 0.837. The van der Waals surface area contributed by atoms with Gasteiger partial charge in [-0.05, 0) is 43.4 Å². The lowest BCUT2D eigenvalue weighted by atomic mass is 10.1. The van der Waals surface area contributed by atoms with Gasteiger partial charge in [-0.25, -0.2) is 0 Å². The molecule has 2 aromatic rings. The van der Waals surface area contributed by atoms with E-state index in [4.69, 9.17) is 4.42 Å². The number of carbonyl (C=O) groups excluding carboxylic acids is 1. The lowest BCUT2D eigenvalue weighted by Gasteiger charge is -2.37. The summed E-state index contributed by atoms with van der Waals surface area (Å²) in [5.41, 5.74) is 0.662. The number of rotatable bonds is 5. The van der Waals surface area contributed by atoms with Crippen LogP contribution in [0, 0.1) is 0 Å². The number of hydrogen-bond acceptors (Lipinski definition) is 4. The Balaban J connectivity index is 1.66. The minimum absolute atomic E-state index is 0.0619. The molecule has 1 aliphatic heterocycles. The van der Waals surface area contributed by atoms with Crippen LogP contribution in [-0.4, -0.2) is 55.5 Å². The smallest absolute Gasteiger partial charge is 0.251 e. The molecule has 0 spiro atoms. The van der Waals surface area contributed by atoms with Crippen LogP contribution in [0.2, 0.25) is 0 Å². The Morgan fingerprint density at radius 2 is 1.92 bits per heavy atom. The van der Waals surface area contributed by atoms with Crippen LogP contribution in [0.1, 0.15) is 22.2 Å². The molecule has 1 fully saturated rings. The standard InChI is InChI=1S/C18H22BrN3O2/c1-21-8-10-22(11-9-21)16(17-3-2-12-24-17)13-20-18(23)14-4-6-15(19)7-5-14/h2-7,12,16H,8-11,13H2,1H3,(H,20,23)/t16-/m1/s1. The number of nitrogens with zero attached hydrogens (tertiary/aromatic N) is 2. The van der Waals surface area contributed by atoms with Gasteiger partial charge in [0.1, 0.15) is 5.76 Å². The molecule has 5 nitrogen and oxygen atoms in total. The molecule has 24 heavy (non-hydrogen) atoms. The molecule has 128 valence electrons. The van der Waals surface area contributed by atoms with Gasteiger partial charge in [0.05, 0.1) is 12.3 Å². The van der Waals surface area contributed by atoms with Gasteiger partial charge in [0.15, 0.2) is 0 Å². The Kier molecular flexibility index (Phi) is 5.71. The fourth-order valence-electron chi connectivity index (χ4n) is 2.92. The number of halogens is 1. The number of likely N-dealkylation sites (N-methyl/N-ethyl adjacent to an activating group) is 1. The zero-order valence-corrected chi connectivity index (χ0v) is 15.3. The van der Waals surface area contributed by atoms with E-state index < -0.39 is 0 Å². The third-order valence-corrected chi connectivity index (χ3v) is 4.94. The van der Waals surface area contributed by atoms with Crippen molar-refractivity contribution in [2.75, 3.05) is 39.8 Å². The van der Waals surface area contributed by atoms with Crippen molar-refractivity contribution in [1.29, 1.82) is 0 Å². The molecule has 1 aromatic heterocycles. The molecule has 0 aliphatic carbocycles. The number of furan rings is 1. The molecule has 1 amide bonds. The van der Waals surface area contributed by atoms with Gasteiger partial charge in [0.25, 0.3) is 5.91 Å². The van der Waals surface area contributed by atoms with E-state index in [0.717, 1.165) is 36.4 Å². The molecule has 0 bridgehead atoms. The van der Waals surface area contributed by atoms with Crippen molar-refractivity contribution in [2.45, 2.75) is 6.04 Å². The van der Waals surface area contributed by atoms with Gasteiger partial charge in [0.2, 0.25) is 0 Å². The van der Waals surface area contributed by atoms with E-state index in [2.05, 4.69) is 38.1 Å². The Morgan fingerprint density at radius 1 is 1.21 bits per heavy atom. The van der Waals surface area contributed by atoms with Crippen LogP contribution in [0.5, 0.6) is 0 Å². The molecule has 1 aromatic carbocycles. The maximum Gasteiger partial charge on any atom is 0.251 e. The van der Waals surface area contributed by atoms with Crippen molar-refractivity contribution in [3.8, 4) is 0 Å². The SMILES string of the molecule is CN1CCN([C@H](CNC(=O)c2ccc(Br)cc2)c2ccco2)CC1. The summed E-state index contributed by atoms with van der Waals surface area (Å²) < 4.78 is 6.58. The van der Waals surface area contributed by atoms with Crippen LogP contribution in [0.3, 0.4) is 0 Å². The second-order valence-corrected chi connectivity index (χ2v) is 7.00. The van der Waals surface area contributed by atoms with Crippen LogP contribution >= 0.6 is 15.9 Å². The highest BCUT2D eigenvalue weighted by Crippen LogP contribution is 2.22. The quantitative estimate of drug-likeness (QED) is 0.850. The summed E-state index contributed by atoms with van der Waals surface area (Å²) in [7, 11) is 2.13. The summed E-state index contributed by atoms with van der Waals surface area (Å²) in [4.78, 5) is 17.1. The van der Waals surface area contributed by atoms with Crippen LogP contribution in [0.15, 0.2) is 51.6 Å². The second kappa shape index (κ2) is 7.96. The first kappa shape index (κ1) is 17.2. The first-order valence-electron chi connectivity index (χ1n) is 8.13. The van der Waals surface area contributed by atoms with Crippen molar-refractivity contribution in [3.05, 3.63) is 58.5 Å². The zero-order valence-electron chi connectivity index (χ0n) is 13.7. The molecule has 0 radical (unpaired) electrons. The first-order valence-corrected chi connectivity index (χ1v) is 8.92. The van der Waals surface area contributed by atoms with Crippen LogP contribution in [0.25, 0.3) is 0 Å². The lowest BCUT2D eigenvalue weighted by Crippen LogP contribution is -2.48. The van der Waals surface area contributed by atoms with E-state index in [1.807, 2.05) is 36.4 Å².